The number of carbonyl (C=O) groups excluding carboxylic acids is 2. The second-order valence-electron chi connectivity index (χ2n) is 8.08. The van der Waals surface area contributed by atoms with Crippen LogP contribution in [0.2, 0.25) is 0 Å². The number of methoxy groups -OCH3 is 1. The van der Waals surface area contributed by atoms with Crippen LogP contribution in [0.4, 0.5) is 11.4 Å². The van der Waals surface area contributed by atoms with Crippen molar-refractivity contribution in [2.75, 3.05) is 31.0 Å². The van der Waals surface area contributed by atoms with Crippen LogP contribution in [0.25, 0.3) is 6.08 Å². The number of carbonyl (C=O) groups is 2. The quantitative estimate of drug-likeness (QED) is 0.290. The number of rotatable bonds is 10. The van der Waals surface area contributed by atoms with Crippen LogP contribution in [0.5, 0.6) is 17.2 Å². The van der Waals surface area contributed by atoms with E-state index in [2.05, 4.69) is 10.6 Å². The molecule has 8 heteroatoms. The number of anilines is 2. The van der Waals surface area contributed by atoms with E-state index >= 15 is 0 Å². The van der Waals surface area contributed by atoms with Crippen LogP contribution < -0.4 is 24.8 Å². The zero-order valence-electron chi connectivity index (χ0n) is 21.3. The van der Waals surface area contributed by atoms with Gasteiger partial charge in [0.05, 0.1) is 13.7 Å². The van der Waals surface area contributed by atoms with Crippen LogP contribution >= 0.6 is 0 Å². The van der Waals surface area contributed by atoms with Gasteiger partial charge in [-0.3, -0.25) is 9.59 Å². The average molecular weight is 500 g/mol. The third-order valence-corrected chi connectivity index (χ3v) is 5.53. The molecule has 2 amide bonds. The van der Waals surface area contributed by atoms with Crippen LogP contribution in [-0.4, -0.2) is 32.1 Å². The van der Waals surface area contributed by atoms with Crippen molar-refractivity contribution in [2.45, 2.75) is 20.8 Å². The second-order valence-corrected chi connectivity index (χ2v) is 8.08. The average Bonchev–Trinajstić information content (AvgIpc) is 2.90. The van der Waals surface area contributed by atoms with Crippen molar-refractivity contribution in [3.63, 3.8) is 0 Å². The van der Waals surface area contributed by atoms with E-state index in [1.54, 1.807) is 55.6 Å². The summed E-state index contributed by atoms with van der Waals surface area (Å²) in [5.74, 6) is 0.589. The van der Waals surface area contributed by atoms with E-state index in [1.807, 2.05) is 39.0 Å². The van der Waals surface area contributed by atoms with E-state index in [-0.39, 0.29) is 18.1 Å². The Morgan fingerprint density at radius 2 is 1.73 bits per heavy atom. The van der Waals surface area contributed by atoms with Gasteiger partial charge < -0.3 is 24.8 Å². The molecule has 8 nitrogen and oxygen atoms in total. The van der Waals surface area contributed by atoms with Crippen molar-refractivity contribution in [1.29, 1.82) is 5.26 Å². The van der Waals surface area contributed by atoms with Crippen molar-refractivity contribution < 1.29 is 23.8 Å². The fraction of sp³-hybridized carbons (Fsp3) is 0.207. The maximum Gasteiger partial charge on any atom is 0.266 e. The Hall–Kier alpha value is -4.77. The lowest BCUT2D eigenvalue weighted by molar-refractivity contribution is -0.118. The van der Waals surface area contributed by atoms with Gasteiger partial charge in [0, 0.05) is 11.4 Å². The van der Waals surface area contributed by atoms with E-state index in [9.17, 15) is 14.9 Å². The molecule has 2 N–H and O–H groups in total. The van der Waals surface area contributed by atoms with E-state index in [0.717, 1.165) is 11.1 Å². The highest BCUT2D eigenvalue weighted by atomic mass is 16.5. The molecule has 0 unspecified atom stereocenters. The maximum atomic E-state index is 12.7. The monoisotopic (exact) mass is 499 g/mol. The first-order valence-corrected chi connectivity index (χ1v) is 11.7. The highest BCUT2D eigenvalue weighted by Crippen LogP contribution is 2.30. The Kier molecular flexibility index (Phi) is 9.28. The third-order valence-electron chi connectivity index (χ3n) is 5.53. The maximum absolute atomic E-state index is 12.7. The summed E-state index contributed by atoms with van der Waals surface area (Å²) in [5.41, 5.74) is 3.75. The predicted molar refractivity (Wildman–Crippen MR) is 143 cm³/mol. The molecule has 0 atom stereocenters. The Balaban J connectivity index is 1.71. The number of ether oxygens (including phenoxy) is 3. The molecule has 0 aromatic heterocycles. The van der Waals surface area contributed by atoms with Crippen molar-refractivity contribution in [2.24, 2.45) is 0 Å². The topological polar surface area (TPSA) is 110 Å². The lowest BCUT2D eigenvalue weighted by Crippen LogP contribution is -2.20. The van der Waals surface area contributed by atoms with Crippen molar-refractivity contribution in [3.8, 4) is 23.3 Å². The molecular formula is C29H29N3O5. The van der Waals surface area contributed by atoms with Gasteiger partial charge in [0.25, 0.3) is 11.8 Å². The lowest BCUT2D eigenvalue weighted by atomic mass is 10.1. The van der Waals surface area contributed by atoms with E-state index in [4.69, 9.17) is 14.2 Å². The molecule has 0 aliphatic rings. The number of nitrogens with zero attached hydrogens (tertiary/aromatic N) is 1. The first kappa shape index (κ1) is 26.8. The number of nitrogens with one attached hydrogen (secondary N) is 2. The molecule has 0 bridgehead atoms. The molecule has 0 aliphatic heterocycles. The molecule has 0 spiro atoms. The van der Waals surface area contributed by atoms with E-state index < -0.39 is 5.91 Å². The number of hydrogen-bond acceptors (Lipinski definition) is 6. The summed E-state index contributed by atoms with van der Waals surface area (Å²) >= 11 is 0. The SMILES string of the molecule is CCOc1cc(C=C(C#N)C(=O)Nc2cccc(C)c2C)ccc1OCC(=O)Nc1ccc(OC)cc1. The van der Waals surface area contributed by atoms with Crippen LogP contribution in [0, 0.1) is 25.2 Å². The molecule has 0 saturated carbocycles. The summed E-state index contributed by atoms with van der Waals surface area (Å²) < 4.78 is 16.5. The Morgan fingerprint density at radius 3 is 2.41 bits per heavy atom. The summed E-state index contributed by atoms with van der Waals surface area (Å²) in [6, 6.07) is 19.5. The minimum Gasteiger partial charge on any atom is -0.497 e. The van der Waals surface area contributed by atoms with Gasteiger partial charge in [-0.25, -0.2) is 0 Å². The number of amides is 2. The van der Waals surface area contributed by atoms with Gasteiger partial charge in [-0.1, -0.05) is 18.2 Å². The highest BCUT2D eigenvalue weighted by Gasteiger charge is 2.14. The molecule has 3 aromatic rings. The summed E-state index contributed by atoms with van der Waals surface area (Å²) in [6.07, 6.45) is 1.48. The Labute approximate surface area is 216 Å². The van der Waals surface area contributed by atoms with Crippen molar-refractivity contribution in [1.82, 2.24) is 0 Å². The van der Waals surface area contributed by atoms with Gasteiger partial charge in [0.1, 0.15) is 17.4 Å². The largest absolute Gasteiger partial charge is 0.497 e. The van der Waals surface area contributed by atoms with Crippen LogP contribution in [0.1, 0.15) is 23.6 Å². The summed E-state index contributed by atoms with van der Waals surface area (Å²) in [6.45, 7) is 5.81. The minimum atomic E-state index is -0.510. The number of benzene rings is 3. The van der Waals surface area contributed by atoms with Crippen molar-refractivity contribution >= 4 is 29.3 Å². The zero-order chi connectivity index (χ0) is 26.8. The van der Waals surface area contributed by atoms with Gasteiger partial charge in [0.15, 0.2) is 18.1 Å². The minimum absolute atomic E-state index is 0.0594. The Morgan fingerprint density at radius 1 is 0.973 bits per heavy atom. The highest BCUT2D eigenvalue weighted by molar-refractivity contribution is 6.10. The number of aryl methyl sites for hydroxylation is 1. The van der Waals surface area contributed by atoms with E-state index in [1.165, 1.54) is 6.08 Å². The molecule has 3 aromatic carbocycles. The first-order chi connectivity index (χ1) is 17.8. The second kappa shape index (κ2) is 12.8. The van der Waals surface area contributed by atoms with Gasteiger partial charge in [-0.05, 0) is 86.0 Å². The molecule has 37 heavy (non-hydrogen) atoms. The van der Waals surface area contributed by atoms with Gasteiger partial charge in [0.2, 0.25) is 0 Å². The van der Waals surface area contributed by atoms with Gasteiger partial charge >= 0.3 is 0 Å². The molecular weight excluding hydrogens is 470 g/mol. The normalized spacial score (nSPS) is 10.7. The fourth-order valence-electron chi connectivity index (χ4n) is 3.41. The fourth-order valence-corrected chi connectivity index (χ4v) is 3.41. The van der Waals surface area contributed by atoms with E-state index in [0.29, 0.717) is 40.8 Å². The van der Waals surface area contributed by atoms with Crippen molar-refractivity contribution in [3.05, 3.63) is 82.9 Å². The van der Waals surface area contributed by atoms with Crippen LogP contribution in [0.15, 0.2) is 66.2 Å². The first-order valence-electron chi connectivity index (χ1n) is 11.7. The summed E-state index contributed by atoms with van der Waals surface area (Å²) in [4.78, 5) is 25.1. The van der Waals surface area contributed by atoms with Gasteiger partial charge in [-0.15, -0.1) is 0 Å². The molecule has 0 radical (unpaired) electrons. The molecule has 3 rings (SSSR count). The molecule has 0 heterocycles. The number of nitriles is 1. The third kappa shape index (κ3) is 7.36. The standard InChI is InChI=1S/C29H29N3O5/c1-5-36-27-16-21(15-22(17-30)29(34)32-25-8-6-7-19(2)20(25)3)9-14-26(27)37-18-28(33)31-23-10-12-24(35-4)13-11-23/h6-16H,5,18H2,1-4H3,(H,31,33)(H,32,34). The molecule has 0 aliphatic carbocycles. The number of hydrogen-bond donors (Lipinski definition) is 2. The summed E-state index contributed by atoms with van der Waals surface area (Å²) in [5, 5.41) is 15.1. The summed E-state index contributed by atoms with van der Waals surface area (Å²) in [7, 11) is 1.57. The molecule has 190 valence electrons. The lowest BCUT2D eigenvalue weighted by Gasteiger charge is -2.13. The predicted octanol–water partition coefficient (Wildman–Crippen LogP) is 5.27. The zero-order valence-corrected chi connectivity index (χ0v) is 21.3. The molecule has 0 fully saturated rings. The Bertz CT molecular complexity index is 1340. The van der Waals surface area contributed by atoms with Crippen LogP contribution in [0.3, 0.4) is 0 Å². The van der Waals surface area contributed by atoms with Gasteiger partial charge in [-0.2, -0.15) is 5.26 Å². The molecule has 0 saturated heterocycles. The van der Waals surface area contributed by atoms with Crippen LogP contribution in [-0.2, 0) is 9.59 Å². The smallest absolute Gasteiger partial charge is 0.266 e.